The van der Waals surface area contributed by atoms with Crippen LogP contribution in [0.15, 0.2) is 42.5 Å². The molecule has 1 aliphatic heterocycles. The number of phosphoric acid groups is 1. The minimum Gasteiger partial charge on any atom is -0.326 e. The molecule has 0 bridgehead atoms. The van der Waals surface area contributed by atoms with E-state index in [1.165, 1.54) is 108 Å². The molecule has 1 aliphatic rings. The molecule has 3 unspecified atom stereocenters. The molecule has 5 nitrogen and oxygen atoms in total. The van der Waals surface area contributed by atoms with Crippen molar-refractivity contribution < 1.29 is 23.0 Å². The van der Waals surface area contributed by atoms with Crippen molar-refractivity contribution in [2.24, 2.45) is 0 Å². The van der Waals surface area contributed by atoms with Crippen molar-refractivity contribution in [1.82, 2.24) is 0 Å². The second kappa shape index (κ2) is 24.3. The van der Waals surface area contributed by atoms with Gasteiger partial charge in [-0.15, -0.1) is 0 Å². The van der Waals surface area contributed by atoms with Crippen LogP contribution < -0.4 is 0 Å². The van der Waals surface area contributed by atoms with Crippen LogP contribution in [0.25, 0.3) is 0 Å². The fraction of sp³-hybridized carbons (Fsp3) is 0.784. The van der Waals surface area contributed by atoms with Crippen LogP contribution in [-0.2, 0) is 20.0 Å². The summed E-state index contributed by atoms with van der Waals surface area (Å²) in [5.74, 6) is 0. The van der Waals surface area contributed by atoms with Crippen molar-refractivity contribution in [3.05, 3.63) is 48.0 Å². The molecule has 0 spiro atoms. The maximum atomic E-state index is 12.6. The number of benzene rings is 1. The molecule has 248 valence electrons. The molecule has 1 aromatic rings. The van der Waals surface area contributed by atoms with Crippen LogP contribution in [-0.4, -0.2) is 48.8 Å². The lowest BCUT2D eigenvalue weighted by Crippen LogP contribution is -2.46. The zero-order valence-corrected chi connectivity index (χ0v) is 29.0. The SMILES string of the molecule is CCCCCCCCC=CCCCCCCCCCCCCOP(=O)(O)OC1CCC[N+](C)(CCc2ccccc2)CC1. The summed E-state index contributed by atoms with van der Waals surface area (Å²) in [6.45, 7) is 5.72. The summed E-state index contributed by atoms with van der Waals surface area (Å²) < 4.78 is 24.5. The molecule has 0 saturated carbocycles. The van der Waals surface area contributed by atoms with Crippen LogP contribution in [0.1, 0.15) is 147 Å². The molecule has 0 aliphatic carbocycles. The molecule has 6 heteroatoms. The fourth-order valence-electron chi connectivity index (χ4n) is 6.24. The van der Waals surface area contributed by atoms with E-state index in [9.17, 15) is 9.46 Å². The summed E-state index contributed by atoms with van der Waals surface area (Å²) in [4.78, 5) is 10.3. The maximum Gasteiger partial charge on any atom is 0.472 e. The minimum absolute atomic E-state index is 0.195. The molecular formula is C37H67NO4P+. The van der Waals surface area contributed by atoms with Gasteiger partial charge < -0.3 is 9.38 Å². The Morgan fingerprint density at radius 1 is 0.791 bits per heavy atom. The number of likely N-dealkylation sites (tertiary alicyclic amines) is 1. The number of quaternary nitrogens is 1. The quantitative estimate of drug-likeness (QED) is 0.0484. The Kier molecular flexibility index (Phi) is 21.6. The van der Waals surface area contributed by atoms with Crippen molar-refractivity contribution in [2.45, 2.75) is 154 Å². The van der Waals surface area contributed by atoms with Gasteiger partial charge in [0.2, 0.25) is 0 Å². The first-order chi connectivity index (χ1) is 20.9. The van der Waals surface area contributed by atoms with E-state index in [2.05, 4.69) is 56.5 Å². The van der Waals surface area contributed by atoms with Crippen LogP contribution >= 0.6 is 7.82 Å². The predicted octanol–water partition coefficient (Wildman–Crippen LogP) is 11.0. The van der Waals surface area contributed by atoms with Crippen molar-refractivity contribution in [1.29, 1.82) is 0 Å². The monoisotopic (exact) mass is 620 g/mol. The number of nitrogens with zero attached hydrogens (tertiary/aromatic N) is 1. The topological polar surface area (TPSA) is 55.8 Å². The van der Waals surface area contributed by atoms with Gasteiger partial charge in [-0.2, -0.15) is 0 Å². The van der Waals surface area contributed by atoms with Crippen molar-refractivity contribution in [3.8, 4) is 0 Å². The minimum atomic E-state index is -3.99. The molecule has 1 heterocycles. The summed E-state index contributed by atoms with van der Waals surface area (Å²) in [7, 11) is -1.69. The van der Waals surface area contributed by atoms with Crippen molar-refractivity contribution in [3.63, 3.8) is 0 Å². The Bertz CT molecular complexity index is 863. The fourth-order valence-corrected chi connectivity index (χ4v) is 7.25. The van der Waals surface area contributed by atoms with Crippen molar-refractivity contribution in [2.75, 3.05) is 33.3 Å². The van der Waals surface area contributed by atoms with Gasteiger partial charge in [0.15, 0.2) is 0 Å². The highest BCUT2D eigenvalue weighted by Gasteiger charge is 2.32. The predicted molar refractivity (Wildman–Crippen MR) is 183 cm³/mol. The average molecular weight is 621 g/mol. The third kappa shape index (κ3) is 20.6. The van der Waals surface area contributed by atoms with Gasteiger partial charge in [-0.1, -0.05) is 133 Å². The van der Waals surface area contributed by atoms with Gasteiger partial charge >= 0.3 is 7.82 Å². The molecule has 1 N–H and O–H groups in total. The van der Waals surface area contributed by atoms with E-state index in [1.807, 2.05) is 0 Å². The number of unbranched alkanes of at least 4 members (excludes halogenated alkanes) is 16. The van der Waals surface area contributed by atoms with Gasteiger partial charge in [0.1, 0.15) is 0 Å². The lowest BCUT2D eigenvalue weighted by atomic mass is 10.1. The molecule has 2 rings (SSSR count). The van der Waals surface area contributed by atoms with E-state index >= 15 is 0 Å². The number of phosphoric ester groups is 1. The first-order valence-corrected chi connectivity index (χ1v) is 19.6. The Hall–Kier alpha value is -0.970. The molecule has 43 heavy (non-hydrogen) atoms. The third-order valence-corrected chi connectivity index (χ3v) is 10.3. The standard InChI is InChI=1S/C37H66NO4P/c1-3-4-5-6-7-8-9-10-11-12-13-14-15-16-17-18-19-20-21-25-35-41-43(39,40)42-37-29-26-32-38(2,34-31-37)33-30-36-27-23-22-24-28-36/h10-11,22-24,27-28,37H,3-9,12-21,25-26,29-35H2,1-2H3/p+1. The smallest absolute Gasteiger partial charge is 0.326 e. The molecule has 0 amide bonds. The van der Waals surface area contributed by atoms with Gasteiger partial charge in [0.05, 0.1) is 39.4 Å². The zero-order chi connectivity index (χ0) is 30.9. The van der Waals surface area contributed by atoms with E-state index < -0.39 is 7.82 Å². The number of rotatable bonds is 26. The summed E-state index contributed by atoms with van der Waals surface area (Å²) in [6.07, 6.45) is 31.4. The third-order valence-electron chi connectivity index (χ3n) is 9.19. The lowest BCUT2D eigenvalue weighted by molar-refractivity contribution is -0.908. The number of likely N-dealkylation sites (N-methyl/N-ethyl adjacent to an activating group) is 1. The van der Waals surface area contributed by atoms with Gasteiger partial charge in [-0.3, -0.25) is 9.05 Å². The largest absolute Gasteiger partial charge is 0.472 e. The van der Waals surface area contributed by atoms with E-state index in [4.69, 9.17) is 9.05 Å². The first-order valence-electron chi connectivity index (χ1n) is 18.1. The van der Waals surface area contributed by atoms with Gasteiger partial charge in [-0.05, 0) is 50.5 Å². The Morgan fingerprint density at radius 3 is 1.95 bits per heavy atom. The highest BCUT2D eigenvalue weighted by Crippen LogP contribution is 2.46. The number of allylic oxidation sites excluding steroid dienone is 2. The second-order valence-electron chi connectivity index (χ2n) is 13.3. The molecule has 1 aromatic carbocycles. The summed E-state index contributed by atoms with van der Waals surface area (Å²) in [6, 6.07) is 10.6. The Labute approximate surface area is 266 Å². The molecule has 0 radical (unpaired) electrons. The molecular weight excluding hydrogens is 553 g/mol. The van der Waals surface area contributed by atoms with Crippen LogP contribution in [0.3, 0.4) is 0 Å². The average Bonchev–Trinajstić information content (AvgIpc) is 3.18. The lowest BCUT2D eigenvalue weighted by Gasteiger charge is -2.33. The normalized spacial score (nSPS) is 20.8. The summed E-state index contributed by atoms with van der Waals surface area (Å²) in [5.41, 5.74) is 1.37. The maximum absolute atomic E-state index is 12.6. The van der Waals surface area contributed by atoms with Gasteiger partial charge in [0.25, 0.3) is 0 Å². The van der Waals surface area contributed by atoms with Crippen molar-refractivity contribution >= 4 is 7.82 Å². The number of hydrogen-bond acceptors (Lipinski definition) is 3. The van der Waals surface area contributed by atoms with E-state index in [0.717, 1.165) is 62.6 Å². The van der Waals surface area contributed by atoms with E-state index in [0.29, 0.717) is 6.61 Å². The van der Waals surface area contributed by atoms with Crippen LogP contribution in [0.4, 0.5) is 0 Å². The highest BCUT2D eigenvalue weighted by atomic mass is 31.2. The molecule has 0 aromatic heterocycles. The van der Waals surface area contributed by atoms with Crippen LogP contribution in [0.5, 0.6) is 0 Å². The summed E-state index contributed by atoms with van der Waals surface area (Å²) >= 11 is 0. The number of hydrogen-bond donors (Lipinski definition) is 1. The zero-order valence-electron chi connectivity index (χ0n) is 28.1. The Morgan fingerprint density at radius 2 is 1.35 bits per heavy atom. The van der Waals surface area contributed by atoms with E-state index in [1.54, 1.807) is 0 Å². The van der Waals surface area contributed by atoms with Crippen LogP contribution in [0, 0.1) is 0 Å². The molecule has 1 fully saturated rings. The first kappa shape index (κ1) is 38.2. The summed E-state index contributed by atoms with van der Waals surface area (Å²) in [5, 5.41) is 0. The molecule has 3 atom stereocenters. The van der Waals surface area contributed by atoms with Gasteiger partial charge in [-0.25, -0.2) is 4.57 Å². The highest BCUT2D eigenvalue weighted by molar-refractivity contribution is 7.47. The molecule has 1 saturated heterocycles. The van der Waals surface area contributed by atoms with Crippen LogP contribution in [0.2, 0.25) is 0 Å². The Balaban J connectivity index is 1.39. The second-order valence-corrected chi connectivity index (χ2v) is 14.7. The van der Waals surface area contributed by atoms with E-state index in [-0.39, 0.29) is 6.10 Å². The van der Waals surface area contributed by atoms with Gasteiger partial charge in [0, 0.05) is 12.8 Å².